The average molecular weight is 411 g/mol. The second kappa shape index (κ2) is 5.46. The van der Waals surface area contributed by atoms with Gasteiger partial charge in [0.2, 0.25) is 0 Å². The molecule has 2 aliphatic carbocycles. The lowest BCUT2D eigenvalue weighted by Gasteiger charge is -2.32. The third-order valence-electron chi connectivity index (χ3n) is 6.69. The van der Waals surface area contributed by atoms with Crippen molar-refractivity contribution in [2.75, 3.05) is 0 Å². The second-order valence-electron chi connectivity index (χ2n) is 8.90. The third-order valence-corrected chi connectivity index (χ3v) is 7.15. The topological polar surface area (TPSA) is 18.5 Å². The highest BCUT2D eigenvalue weighted by Crippen LogP contribution is 2.44. The standard InChI is InChI=1S/C22H24BBrO2/c1-21(2)22(3,4)26-23(25-21)17-9-13-5-7-15-11-18(24)12-16-8-6-14(10-17)19(13)20(15)16/h9-12H,5-8H2,1-4H3. The zero-order valence-corrected chi connectivity index (χ0v) is 17.5. The zero-order valence-electron chi connectivity index (χ0n) is 15.9. The molecular formula is C22H24BBrO2. The Kier molecular flexibility index (Phi) is 3.58. The van der Waals surface area contributed by atoms with Crippen LogP contribution in [-0.4, -0.2) is 18.3 Å². The van der Waals surface area contributed by atoms with Crippen molar-refractivity contribution in [3.8, 4) is 11.1 Å². The Morgan fingerprint density at radius 1 is 0.731 bits per heavy atom. The van der Waals surface area contributed by atoms with Crippen LogP contribution in [-0.2, 0) is 35.0 Å². The van der Waals surface area contributed by atoms with Gasteiger partial charge >= 0.3 is 7.12 Å². The number of hydrogen-bond donors (Lipinski definition) is 0. The van der Waals surface area contributed by atoms with Crippen molar-refractivity contribution in [1.29, 1.82) is 0 Å². The van der Waals surface area contributed by atoms with Crippen LogP contribution in [0, 0.1) is 0 Å². The first kappa shape index (κ1) is 17.0. The van der Waals surface area contributed by atoms with E-state index in [1.807, 2.05) is 0 Å². The highest BCUT2D eigenvalue weighted by atomic mass is 79.9. The summed E-state index contributed by atoms with van der Waals surface area (Å²) in [5.41, 5.74) is 9.48. The summed E-state index contributed by atoms with van der Waals surface area (Å²) < 4.78 is 13.8. The number of rotatable bonds is 1. The maximum atomic E-state index is 6.31. The largest absolute Gasteiger partial charge is 0.494 e. The van der Waals surface area contributed by atoms with E-state index >= 15 is 0 Å². The molecule has 0 aromatic heterocycles. The lowest BCUT2D eigenvalue weighted by molar-refractivity contribution is 0.00578. The number of benzene rings is 2. The molecule has 0 N–H and O–H groups in total. The SMILES string of the molecule is CC1(C)OB(c2cc3c4c(c2)CCc2cc(Br)cc(c2-4)CC3)OC1(C)C. The van der Waals surface area contributed by atoms with Crippen molar-refractivity contribution in [2.45, 2.75) is 64.6 Å². The highest BCUT2D eigenvalue weighted by molar-refractivity contribution is 9.10. The molecule has 134 valence electrons. The molecule has 26 heavy (non-hydrogen) atoms. The van der Waals surface area contributed by atoms with Gasteiger partial charge in [0.1, 0.15) is 0 Å². The Labute approximate surface area is 164 Å². The van der Waals surface area contributed by atoms with Crippen LogP contribution in [0.25, 0.3) is 11.1 Å². The lowest BCUT2D eigenvalue weighted by Crippen LogP contribution is -2.41. The van der Waals surface area contributed by atoms with E-state index in [4.69, 9.17) is 9.31 Å². The van der Waals surface area contributed by atoms with Gasteiger partial charge in [0, 0.05) is 4.47 Å². The molecule has 2 nitrogen and oxygen atoms in total. The molecule has 1 saturated heterocycles. The summed E-state index contributed by atoms with van der Waals surface area (Å²) in [7, 11) is -0.269. The molecule has 0 bridgehead atoms. The maximum Gasteiger partial charge on any atom is 0.494 e. The van der Waals surface area contributed by atoms with Crippen LogP contribution < -0.4 is 5.46 Å². The first-order chi connectivity index (χ1) is 12.2. The minimum absolute atomic E-state index is 0.269. The van der Waals surface area contributed by atoms with E-state index in [9.17, 15) is 0 Å². The van der Waals surface area contributed by atoms with Crippen LogP contribution in [0.3, 0.4) is 0 Å². The first-order valence-electron chi connectivity index (χ1n) is 9.58. The van der Waals surface area contributed by atoms with Crippen molar-refractivity contribution in [2.24, 2.45) is 0 Å². The molecule has 0 atom stereocenters. The van der Waals surface area contributed by atoms with Crippen molar-refractivity contribution < 1.29 is 9.31 Å². The minimum Gasteiger partial charge on any atom is -0.399 e. The fraction of sp³-hybridized carbons (Fsp3) is 0.455. The fourth-order valence-corrected chi connectivity index (χ4v) is 5.16. The second-order valence-corrected chi connectivity index (χ2v) is 9.82. The number of hydrogen-bond acceptors (Lipinski definition) is 2. The summed E-state index contributed by atoms with van der Waals surface area (Å²) in [6.07, 6.45) is 4.42. The van der Waals surface area contributed by atoms with Gasteiger partial charge < -0.3 is 9.31 Å². The molecule has 1 fully saturated rings. The molecule has 0 radical (unpaired) electrons. The van der Waals surface area contributed by atoms with Gasteiger partial charge in [-0.3, -0.25) is 0 Å². The van der Waals surface area contributed by atoms with Crippen molar-refractivity contribution in [3.63, 3.8) is 0 Å². The molecule has 2 aromatic rings. The molecule has 1 heterocycles. The molecule has 1 aliphatic heterocycles. The van der Waals surface area contributed by atoms with E-state index in [0.29, 0.717) is 0 Å². The normalized spacial score (nSPS) is 21.7. The van der Waals surface area contributed by atoms with Crippen LogP contribution in [0.2, 0.25) is 0 Å². The van der Waals surface area contributed by atoms with Gasteiger partial charge in [0.25, 0.3) is 0 Å². The molecule has 0 amide bonds. The van der Waals surface area contributed by atoms with Gasteiger partial charge in [-0.1, -0.05) is 28.1 Å². The van der Waals surface area contributed by atoms with Crippen LogP contribution in [0.5, 0.6) is 0 Å². The maximum absolute atomic E-state index is 6.31. The lowest BCUT2D eigenvalue weighted by atomic mass is 9.70. The van der Waals surface area contributed by atoms with Gasteiger partial charge in [-0.2, -0.15) is 0 Å². The molecular weight excluding hydrogens is 387 g/mol. The van der Waals surface area contributed by atoms with Gasteiger partial charge in [-0.05, 0) is 104 Å². The van der Waals surface area contributed by atoms with Crippen LogP contribution in [0.15, 0.2) is 28.7 Å². The summed E-state index contributed by atoms with van der Waals surface area (Å²) >= 11 is 3.69. The van der Waals surface area contributed by atoms with Crippen LogP contribution in [0.1, 0.15) is 49.9 Å². The smallest absolute Gasteiger partial charge is 0.399 e. The Balaban J connectivity index is 1.62. The Hall–Kier alpha value is -1.10. The number of aryl methyl sites for hydroxylation is 4. The van der Waals surface area contributed by atoms with E-state index in [0.717, 1.165) is 25.7 Å². The fourth-order valence-electron chi connectivity index (χ4n) is 4.60. The minimum atomic E-state index is -0.295. The average Bonchev–Trinajstić information content (AvgIpc) is 2.79. The van der Waals surface area contributed by atoms with Crippen molar-refractivity contribution >= 4 is 28.5 Å². The monoisotopic (exact) mass is 410 g/mol. The van der Waals surface area contributed by atoms with E-state index in [1.54, 1.807) is 0 Å². The van der Waals surface area contributed by atoms with Crippen molar-refractivity contribution in [1.82, 2.24) is 0 Å². The van der Waals surface area contributed by atoms with E-state index in [1.165, 1.54) is 43.3 Å². The van der Waals surface area contributed by atoms with Gasteiger partial charge in [-0.25, -0.2) is 0 Å². The highest BCUT2D eigenvalue weighted by Gasteiger charge is 2.52. The molecule has 2 aromatic carbocycles. The quantitative estimate of drug-likeness (QED) is 0.639. The van der Waals surface area contributed by atoms with Crippen LogP contribution in [0.4, 0.5) is 0 Å². The molecule has 0 unspecified atom stereocenters. The Morgan fingerprint density at radius 2 is 1.12 bits per heavy atom. The number of halogens is 1. The molecule has 3 aliphatic rings. The molecule has 5 rings (SSSR count). The Morgan fingerprint density at radius 3 is 1.54 bits per heavy atom. The van der Waals surface area contributed by atoms with Gasteiger partial charge in [-0.15, -0.1) is 0 Å². The summed E-state index contributed by atoms with van der Waals surface area (Å²) in [5.74, 6) is 0. The predicted octanol–water partition coefficient (Wildman–Crippen LogP) is 4.61. The van der Waals surface area contributed by atoms with Crippen molar-refractivity contribution in [3.05, 3.63) is 51.0 Å². The molecule has 0 spiro atoms. The zero-order chi connectivity index (χ0) is 18.3. The molecule has 0 saturated carbocycles. The summed E-state index contributed by atoms with van der Waals surface area (Å²) in [4.78, 5) is 0. The molecule has 4 heteroatoms. The first-order valence-corrected chi connectivity index (χ1v) is 10.4. The van der Waals surface area contributed by atoms with Gasteiger partial charge in [0.15, 0.2) is 0 Å². The third kappa shape index (κ3) is 2.38. The van der Waals surface area contributed by atoms with E-state index in [2.05, 4.69) is 67.9 Å². The van der Waals surface area contributed by atoms with Gasteiger partial charge in [0.05, 0.1) is 11.2 Å². The summed E-state index contributed by atoms with van der Waals surface area (Å²) in [6, 6.07) is 9.28. The van der Waals surface area contributed by atoms with E-state index in [-0.39, 0.29) is 18.3 Å². The Bertz CT molecular complexity index is 866. The summed E-state index contributed by atoms with van der Waals surface area (Å²) in [5, 5.41) is 0. The predicted molar refractivity (Wildman–Crippen MR) is 110 cm³/mol. The van der Waals surface area contributed by atoms with E-state index < -0.39 is 0 Å². The summed E-state index contributed by atoms with van der Waals surface area (Å²) in [6.45, 7) is 8.48. The van der Waals surface area contributed by atoms with Crippen LogP contribution >= 0.6 is 15.9 Å².